The molecule has 0 radical (unpaired) electrons. The lowest BCUT2D eigenvalue weighted by Crippen LogP contribution is -2.07. The zero-order valence-corrected chi connectivity index (χ0v) is 11.3. The van der Waals surface area contributed by atoms with Crippen LogP contribution in [0.4, 0.5) is 13.2 Å². The Morgan fingerprint density at radius 1 is 0.905 bits per heavy atom. The highest BCUT2D eigenvalue weighted by Gasteiger charge is 2.33. The molecule has 0 amide bonds. The normalized spacial score (nSPS) is 11.2. The van der Waals surface area contributed by atoms with Gasteiger partial charge in [-0.25, -0.2) is 4.98 Å². The van der Waals surface area contributed by atoms with Crippen LogP contribution in [-0.4, -0.2) is 15.2 Å². The molecule has 0 saturated heterocycles. The van der Waals surface area contributed by atoms with E-state index in [1.807, 2.05) is 0 Å². The van der Waals surface area contributed by atoms with E-state index in [0.29, 0.717) is 5.69 Å². The van der Waals surface area contributed by atoms with Gasteiger partial charge in [-0.1, -0.05) is 18.2 Å². The summed E-state index contributed by atoms with van der Waals surface area (Å²) >= 11 is 0. The Morgan fingerprint density at radius 2 is 1.67 bits per heavy atom. The fourth-order valence-electron chi connectivity index (χ4n) is 1.98. The Hall–Kier alpha value is -2.21. The molecule has 7 heteroatoms. The fourth-order valence-corrected chi connectivity index (χ4v) is 1.98. The van der Waals surface area contributed by atoms with Gasteiger partial charge >= 0.3 is 6.18 Å². The van der Waals surface area contributed by atoms with Crippen LogP contribution in [0.2, 0.25) is 0 Å². The average molecular weight is 312 g/mol. The minimum Gasteiger partial charge on any atom is -0.246 e. The Balaban J connectivity index is 0.00000161. The maximum Gasteiger partial charge on any atom is 0.417 e. The number of hydrogen-bond acceptors (Lipinski definition) is 3. The van der Waals surface area contributed by atoms with Crippen molar-refractivity contribution in [1.82, 2.24) is 15.2 Å². The molecule has 0 bridgehead atoms. The van der Waals surface area contributed by atoms with Crippen LogP contribution in [0.3, 0.4) is 0 Å². The Kier molecular flexibility index (Phi) is 4.09. The lowest BCUT2D eigenvalue weighted by Gasteiger charge is -2.11. The zero-order valence-electron chi connectivity index (χ0n) is 10.5. The topological polar surface area (TPSA) is 38.7 Å². The molecule has 0 fully saturated rings. The Labute approximate surface area is 124 Å². The van der Waals surface area contributed by atoms with Gasteiger partial charge in [0.15, 0.2) is 0 Å². The molecule has 108 valence electrons. The quantitative estimate of drug-likeness (QED) is 0.678. The number of rotatable bonds is 1. The third-order valence-corrected chi connectivity index (χ3v) is 2.86. The molecule has 0 atom stereocenters. The molecule has 0 aliphatic carbocycles. The van der Waals surface area contributed by atoms with Crippen molar-refractivity contribution in [2.24, 2.45) is 0 Å². The van der Waals surface area contributed by atoms with Crippen LogP contribution in [0.25, 0.3) is 22.3 Å². The number of fused-ring (bicyclic) bond motifs is 1. The van der Waals surface area contributed by atoms with Crippen LogP contribution in [-0.2, 0) is 6.18 Å². The second-order valence-corrected chi connectivity index (χ2v) is 4.18. The van der Waals surface area contributed by atoms with Gasteiger partial charge in [-0.15, -0.1) is 17.5 Å². The predicted molar refractivity (Wildman–Crippen MR) is 75.0 cm³/mol. The molecule has 0 unspecified atom stereocenters. The van der Waals surface area contributed by atoms with E-state index in [-0.39, 0.29) is 29.0 Å². The summed E-state index contributed by atoms with van der Waals surface area (Å²) in [5.74, 6) is 0. The van der Waals surface area contributed by atoms with Crippen LogP contribution >= 0.6 is 12.4 Å². The first kappa shape index (κ1) is 15.2. The van der Waals surface area contributed by atoms with Gasteiger partial charge in [-0.2, -0.15) is 18.3 Å². The highest BCUT2D eigenvalue weighted by atomic mass is 35.5. The van der Waals surface area contributed by atoms with E-state index in [4.69, 9.17) is 0 Å². The minimum absolute atomic E-state index is 0. The van der Waals surface area contributed by atoms with Crippen molar-refractivity contribution in [3.63, 3.8) is 0 Å². The molecule has 2 heterocycles. The van der Waals surface area contributed by atoms with Crippen molar-refractivity contribution in [1.29, 1.82) is 0 Å². The monoisotopic (exact) mass is 311 g/mol. The molecule has 3 nitrogen and oxygen atoms in total. The molecule has 0 saturated carbocycles. The van der Waals surface area contributed by atoms with Crippen LogP contribution in [0.15, 0.2) is 48.7 Å². The van der Waals surface area contributed by atoms with Gasteiger partial charge in [0.2, 0.25) is 0 Å². The molecule has 0 spiro atoms. The van der Waals surface area contributed by atoms with E-state index in [0.717, 1.165) is 6.07 Å². The molecular weight excluding hydrogens is 303 g/mol. The van der Waals surface area contributed by atoms with Gasteiger partial charge in [0.25, 0.3) is 0 Å². The number of alkyl halides is 3. The van der Waals surface area contributed by atoms with E-state index in [1.165, 1.54) is 12.3 Å². The van der Waals surface area contributed by atoms with Crippen molar-refractivity contribution in [3.05, 3.63) is 54.2 Å². The number of halogens is 4. The van der Waals surface area contributed by atoms with E-state index >= 15 is 0 Å². The van der Waals surface area contributed by atoms with E-state index in [1.54, 1.807) is 30.3 Å². The van der Waals surface area contributed by atoms with E-state index in [9.17, 15) is 13.2 Å². The SMILES string of the molecule is Cl.FC(F)(F)c1cc(-c2cccnn2)nc2ccccc12. The summed E-state index contributed by atoms with van der Waals surface area (Å²) in [6.45, 7) is 0. The number of pyridine rings is 1. The first-order chi connectivity index (χ1) is 9.55. The maximum absolute atomic E-state index is 13.1. The lowest BCUT2D eigenvalue weighted by atomic mass is 10.1. The summed E-state index contributed by atoms with van der Waals surface area (Å²) in [7, 11) is 0. The molecule has 2 aromatic heterocycles. The van der Waals surface area contributed by atoms with E-state index < -0.39 is 11.7 Å². The minimum atomic E-state index is -4.44. The van der Waals surface area contributed by atoms with Crippen LogP contribution in [0.1, 0.15) is 5.56 Å². The molecule has 0 aliphatic rings. The third kappa shape index (κ3) is 2.95. The van der Waals surface area contributed by atoms with Crippen molar-refractivity contribution in [2.75, 3.05) is 0 Å². The largest absolute Gasteiger partial charge is 0.417 e. The number of para-hydroxylation sites is 1. The first-order valence-electron chi connectivity index (χ1n) is 5.81. The summed E-state index contributed by atoms with van der Waals surface area (Å²) in [6, 6.07) is 10.3. The van der Waals surface area contributed by atoms with Gasteiger partial charge in [0.1, 0.15) is 5.69 Å². The highest BCUT2D eigenvalue weighted by molar-refractivity contribution is 5.85. The summed E-state index contributed by atoms with van der Waals surface area (Å²) < 4.78 is 39.4. The smallest absolute Gasteiger partial charge is 0.246 e. The number of nitrogens with zero attached hydrogens (tertiary/aromatic N) is 3. The van der Waals surface area contributed by atoms with Gasteiger partial charge in [-0.3, -0.25) is 0 Å². The number of benzene rings is 1. The van der Waals surface area contributed by atoms with Gasteiger partial charge in [0.05, 0.1) is 16.8 Å². The Morgan fingerprint density at radius 3 is 2.33 bits per heavy atom. The molecule has 1 aromatic carbocycles. The van der Waals surface area contributed by atoms with Crippen molar-refractivity contribution in [3.8, 4) is 11.4 Å². The molecule has 0 N–H and O–H groups in total. The maximum atomic E-state index is 13.1. The molecule has 3 aromatic rings. The summed E-state index contributed by atoms with van der Waals surface area (Å²) in [4.78, 5) is 4.22. The third-order valence-electron chi connectivity index (χ3n) is 2.86. The standard InChI is InChI=1S/C14H8F3N3.ClH/c15-14(16,17)10-8-13(12-6-3-7-18-20-12)19-11-5-2-1-4-9(10)11;/h1-8H;1H. The summed E-state index contributed by atoms with van der Waals surface area (Å²) in [6.07, 6.45) is -2.99. The van der Waals surface area contributed by atoms with Crippen LogP contribution in [0.5, 0.6) is 0 Å². The summed E-state index contributed by atoms with van der Waals surface area (Å²) in [5.41, 5.74) is 0.0274. The van der Waals surface area contributed by atoms with E-state index in [2.05, 4.69) is 15.2 Å². The van der Waals surface area contributed by atoms with Crippen molar-refractivity contribution in [2.45, 2.75) is 6.18 Å². The van der Waals surface area contributed by atoms with Crippen molar-refractivity contribution < 1.29 is 13.2 Å². The van der Waals surface area contributed by atoms with Gasteiger partial charge in [-0.05, 0) is 24.3 Å². The van der Waals surface area contributed by atoms with Crippen LogP contribution < -0.4 is 0 Å². The lowest BCUT2D eigenvalue weighted by molar-refractivity contribution is -0.136. The first-order valence-corrected chi connectivity index (χ1v) is 5.81. The fraction of sp³-hybridized carbons (Fsp3) is 0.0714. The highest BCUT2D eigenvalue weighted by Crippen LogP contribution is 2.36. The number of aromatic nitrogens is 3. The predicted octanol–water partition coefficient (Wildman–Crippen LogP) is 4.13. The average Bonchev–Trinajstić information content (AvgIpc) is 2.46. The number of hydrogen-bond donors (Lipinski definition) is 0. The summed E-state index contributed by atoms with van der Waals surface area (Å²) in [5, 5.41) is 7.54. The zero-order chi connectivity index (χ0) is 14.2. The Bertz CT molecular complexity index is 760. The van der Waals surface area contributed by atoms with Crippen molar-refractivity contribution >= 4 is 23.3 Å². The molecule has 0 aliphatic heterocycles. The molecular formula is C14H9ClF3N3. The second-order valence-electron chi connectivity index (χ2n) is 4.18. The second kappa shape index (κ2) is 5.65. The van der Waals surface area contributed by atoms with Gasteiger partial charge < -0.3 is 0 Å². The van der Waals surface area contributed by atoms with Gasteiger partial charge in [0, 0.05) is 11.6 Å². The molecule has 21 heavy (non-hydrogen) atoms. The molecule has 3 rings (SSSR count). The van der Waals surface area contributed by atoms with Crippen LogP contribution in [0, 0.1) is 0 Å².